The molecule has 0 unspecified atom stereocenters. The number of carboxylic acids is 1. The second kappa shape index (κ2) is 5.81. The van der Waals surface area contributed by atoms with Gasteiger partial charge < -0.3 is 9.84 Å². The molecule has 2 heterocycles. The number of rotatable bonds is 6. The van der Waals surface area contributed by atoms with E-state index < -0.39 is 11.5 Å². The largest absolute Gasteiger partial charge is 0.479 e. The van der Waals surface area contributed by atoms with Gasteiger partial charge in [-0.2, -0.15) is 0 Å². The number of aryl methyl sites for hydroxylation is 1. The third-order valence-corrected chi connectivity index (χ3v) is 3.97. The monoisotopic (exact) mass is 291 g/mol. The van der Waals surface area contributed by atoms with E-state index in [1.54, 1.807) is 17.9 Å². The first kappa shape index (κ1) is 15.4. The van der Waals surface area contributed by atoms with Crippen molar-refractivity contribution in [3.05, 3.63) is 23.7 Å². The standard InChI is InChI=1S/C15H21N3O3/c1-5-15(6-2,14(19)20)18-12(9-21-4)17-11-7-10(3)8-16-13(11)18/h7-8H,5-6,9H2,1-4H3,(H,19,20). The summed E-state index contributed by atoms with van der Waals surface area (Å²) in [6.45, 7) is 5.93. The fourth-order valence-corrected chi connectivity index (χ4v) is 2.75. The summed E-state index contributed by atoms with van der Waals surface area (Å²) >= 11 is 0. The third-order valence-electron chi connectivity index (χ3n) is 3.97. The molecule has 0 amide bonds. The Morgan fingerprint density at radius 1 is 1.43 bits per heavy atom. The molecule has 0 saturated carbocycles. The molecule has 2 aromatic heterocycles. The van der Waals surface area contributed by atoms with E-state index in [4.69, 9.17) is 4.74 Å². The van der Waals surface area contributed by atoms with E-state index in [2.05, 4.69) is 9.97 Å². The van der Waals surface area contributed by atoms with Gasteiger partial charge in [-0.25, -0.2) is 14.8 Å². The minimum Gasteiger partial charge on any atom is -0.479 e. The molecule has 2 aromatic rings. The van der Waals surface area contributed by atoms with Crippen molar-refractivity contribution in [3.63, 3.8) is 0 Å². The van der Waals surface area contributed by atoms with Gasteiger partial charge in [-0.15, -0.1) is 0 Å². The van der Waals surface area contributed by atoms with Gasteiger partial charge in [0.2, 0.25) is 0 Å². The number of nitrogens with zero attached hydrogens (tertiary/aromatic N) is 3. The molecule has 0 radical (unpaired) electrons. The molecule has 21 heavy (non-hydrogen) atoms. The maximum Gasteiger partial charge on any atom is 0.329 e. The van der Waals surface area contributed by atoms with Crippen LogP contribution in [0, 0.1) is 6.92 Å². The molecule has 114 valence electrons. The lowest BCUT2D eigenvalue weighted by Crippen LogP contribution is -2.42. The zero-order chi connectivity index (χ0) is 15.6. The molecule has 1 N–H and O–H groups in total. The van der Waals surface area contributed by atoms with E-state index in [1.165, 1.54) is 0 Å². The molecule has 0 aliphatic heterocycles. The molecule has 6 nitrogen and oxygen atoms in total. The van der Waals surface area contributed by atoms with Gasteiger partial charge in [0.15, 0.2) is 5.65 Å². The van der Waals surface area contributed by atoms with Gasteiger partial charge in [0.25, 0.3) is 0 Å². The number of pyridine rings is 1. The van der Waals surface area contributed by atoms with Crippen LogP contribution in [0.15, 0.2) is 12.3 Å². The topological polar surface area (TPSA) is 77.2 Å². The average Bonchev–Trinajstić information content (AvgIpc) is 2.79. The van der Waals surface area contributed by atoms with Crippen molar-refractivity contribution in [2.75, 3.05) is 7.11 Å². The Hall–Kier alpha value is -1.95. The molecule has 0 aliphatic rings. The number of carboxylic acid groups (broad SMARTS) is 1. The highest BCUT2D eigenvalue weighted by atomic mass is 16.5. The molecule has 6 heteroatoms. The Bertz CT molecular complexity index is 659. The lowest BCUT2D eigenvalue weighted by molar-refractivity contribution is -0.148. The highest BCUT2D eigenvalue weighted by Crippen LogP contribution is 2.31. The summed E-state index contributed by atoms with van der Waals surface area (Å²) in [6, 6.07) is 1.91. The molecule has 0 spiro atoms. The van der Waals surface area contributed by atoms with E-state index in [1.807, 2.05) is 26.8 Å². The first-order valence-electron chi connectivity index (χ1n) is 7.07. The Kier molecular flexibility index (Phi) is 4.27. The van der Waals surface area contributed by atoms with Crippen LogP contribution in [-0.2, 0) is 21.7 Å². The molecular formula is C15H21N3O3. The Balaban J connectivity index is 2.80. The van der Waals surface area contributed by atoms with Crippen LogP contribution < -0.4 is 0 Å². The van der Waals surface area contributed by atoms with Gasteiger partial charge in [0.05, 0.1) is 0 Å². The molecule has 0 fully saturated rings. The molecule has 0 atom stereocenters. The molecule has 0 aliphatic carbocycles. The smallest absolute Gasteiger partial charge is 0.329 e. The van der Waals surface area contributed by atoms with Crippen molar-refractivity contribution in [3.8, 4) is 0 Å². The highest BCUT2D eigenvalue weighted by molar-refractivity contribution is 5.81. The molecule has 2 rings (SSSR count). The Labute approximate surface area is 123 Å². The van der Waals surface area contributed by atoms with Crippen molar-refractivity contribution >= 4 is 17.1 Å². The van der Waals surface area contributed by atoms with Gasteiger partial charge in [0.1, 0.15) is 23.5 Å². The summed E-state index contributed by atoms with van der Waals surface area (Å²) in [5.41, 5.74) is 1.24. The predicted molar refractivity (Wildman–Crippen MR) is 79.2 cm³/mol. The fraction of sp³-hybridized carbons (Fsp3) is 0.533. The van der Waals surface area contributed by atoms with Crippen LogP contribution in [0.25, 0.3) is 11.2 Å². The summed E-state index contributed by atoms with van der Waals surface area (Å²) in [5.74, 6) is -0.275. The zero-order valence-corrected chi connectivity index (χ0v) is 12.9. The summed E-state index contributed by atoms with van der Waals surface area (Å²) in [4.78, 5) is 20.9. The SMILES string of the molecule is CCC(CC)(C(=O)O)n1c(COC)nc2cc(C)cnc21. The molecule has 0 saturated heterocycles. The lowest BCUT2D eigenvalue weighted by Gasteiger charge is -2.30. The van der Waals surface area contributed by atoms with E-state index >= 15 is 0 Å². The van der Waals surface area contributed by atoms with Crippen molar-refractivity contribution in [2.45, 2.75) is 45.8 Å². The van der Waals surface area contributed by atoms with E-state index in [0.29, 0.717) is 29.8 Å². The van der Waals surface area contributed by atoms with Crippen LogP contribution in [-0.4, -0.2) is 32.7 Å². The predicted octanol–water partition coefficient (Wildman–Crippen LogP) is 2.49. The second-order valence-electron chi connectivity index (χ2n) is 5.20. The van der Waals surface area contributed by atoms with Crippen LogP contribution in [0.5, 0.6) is 0 Å². The van der Waals surface area contributed by atoms with Crippen LogP contribution in [0.3, 0.4) is 0 Å². The third kappa shape index (κ3) is 2.40. The number of aromatic nitrogens is 3. The van der Waals surface area contributed by atoms with E-state index in [0.717, 1.165) is 5.56 Å². The van der Waals surface area contributed by atoms with Gasteiger partial charge in [-0.1, -0.05) is 13.8 Å². The number of hydrogen-bond donors (Lipinski definition) is 1. The van der Waals surface area contributed by atoms with E-state index in [-0.39, 0.29) is 6.61 Å². The number of imidazole rings is 1. The Morgan fingerprint density at radius 2 is 2.10 bits per heavy atom. The molecule has 0 bridgehead atoms. The maximum absolute atomic E-state index is 11.9. The first-order valence-corrected chi connectivity index (χ1v) is 7.07. The molecular weight excluding hydrogens is 270 g/mol. The number of aliphatic carboxylic acids is 1. The molecule has 0 aromatic carbocycles. The maximum atomic E-state index is 11.9. The Morgan fingerprint density at radius 3 is 2.62 bits per heavy atom. The number of methoxy groups -OCH3 is 1. The summed E-state index contributed by atoms with van der Waals surface area (Å²) in [6.07, 6.45) is 2.64. The summed E-state index contributed by atoms with van der Waals surface area (Å²) < 4.78 is 6.92. The fourth-order valence-electron chi connectivity index (χ4n) is 2.75. The summed E-state index contributed by atoms with van der Waals surface area (Å²) in [7, 11) is 1.57. The first-order chi connectivity index (χ1) is 10.00. The lowest BCUT2D eigenvalue weighted by atomic mass is 9.92. The normalized spacial score (nSPS) is 12.0. The second-order valence-corrected chi connectivity index (χ2v) is 5.20. The van der Waals surface area contributed by atoms with Crippen molar-refractivity contribution in [1.29, 1.82) is 0 Å². The van der Waals surface area contributed by atoms with Crippen LogP contribution >= 0.6 is 0 Å². The summed E-state index contributed by atoms with van der Waals surface area (Å²) in [5, 5.41) is 9.79. The van der Waals surface area contributed by atoms with E-state index in [9.17, 15) is 9.90 Å². The highest BCUT2D eigenvalue weighted by Gasteiger charge is 2.40. The minimum atomic E-state index is -1.05. The van der Waals surface area contributed by atoms with Crippen molar-refractivity contribution in [2.24, 2.45) is 0 Å². The van der Waals surface area contributed by atoms with Gasteiger partial charge >= 0.3 is 5.97 Å². The van der Waals surface area contributed by atoms with Gasteiger partial charge in [-0.05, 0) is 31.4 Å². The van der Waals surface area contributed by atoms with Gasteiger partial charge in [0, 0.05) is 13.3 Å². The van der Waals surface area contributed by atoms with Crippen LogP contribution in [0.1, 0.15) is 38.1 Å². The number of hydrogen-bond acceptors (Lipinski definition) is 4. The number of fused-ring (bicyclic) bond motifs is 1. The van der Waals surface area contributed by atoms with Crippen molar-refractivity contribution < 1.29 is 14.6 Å². The number of carbonyl (C=O) groups is 1. The zero-order valence-electron chi connectivity index (χ0n) is 12.9. The minimum absolute atomic E-state index is 0.254. The van der Waals surface area contributed by atoms with Crippen molar-refractivity contribution in [1.82, 2.24) is 14.5 Å². The number of ether oxygens (including phenoxy) is 1. The average molecular weight is 291 g/mol. The van der Waals surface area contributed by atoms with Crippen LogP contribution in [0.2, 0.25) is 0 Å². The van der Waals surface area contributed by atoms with Gasteiger partial charge in [-0.3, -0.25) is 4.57 Å². The quantitative estimate of drug-likeness (QED) is 0.884. The van der Waals surface area contributed by atoms with Crippen LogP contribution in [0.4, 0.5) is 0 Å².